The molecule has 1 saturated carbocycles. The molecular formula is C15H23ClN4. The van der Waals surface area contributed by atoms with Crippen LogP contribution >= 0.6 is 11.6 Å². The molecule has 2 rings (SSSR count). The van der Waals surface area contributed by atoms with Gasteiger partial charge in [-0.15, -0.1) is 0 Å². The number of guanidine groups is 1. The van der Waals surface area contributed by atoms with E-state index in [0.29, 0.717) is 23.7 Å². The Kier molecular flexibility index (Phi) is 6.12. The number of nitrogens with zero attached hydrogens (tertiary/aromatic N) is 2. The van der Waals surface area contributed by atoms with E-state index in [9.17, 15) is 0 Å². The SMILES string of the molecule is NC(=NCCc1ccc(Cl)nc1)NC1CCCCCC1. The van der Waals surface area contributed by atoms with Gasteiger partial charge in [-0.25, -0.2) is 4.98 Å². The van der Waals surface area contributed by atoms with Gasteiger partial charge in [0.05, 0.1) is 0 Å². The van der Waals surface area contributed by atoms with E-state index in [1.165, 1.54) is 38.5 Å². The predicted octanol–water partition coefficient (Wildman–Crippen LogP) is 2.90. The molecule has 0 aromatic carbocycles. The Balaban J connectivity index is 1.74. The van der Waals surface area contributed by atoms with Crippen molar-refractivity contribution in [3.8, 4) is 0 Å². The summed E-state index contributed by atoms with van der Waals surface area (Å²) in [4.78, 5) is 8.44. The zero-order valence-corrected chi connectivity index (χ0v) is 12.6. The van der Waals surface area contributed by atoms with Crippen molar-refractivity contribution in [1.29, 1.82) is 0 Å². The molecule has 0 radical (unpaired) electrons. The molecule has 110 valence electrons. The average molecular weight is 295 g/mol. The summed E-state index contributed by atoms with van der Waals surface area (Å²) in [6.45, 7) is 0.675. The second-order valence-electron chi connectivity index (χ2n) is 5.34. The molecule has 0 saturated heterocycles. The first-order valence-electron chi connectivity index (χ1n) is 7.41. The highest BCUT2D eigenvalue weighted by atomic mass is 35.5. The van der Waals surface area contributed by atoms with E-state index in [1.54, 1.807) is 12.3 Å². The summed E-state index contributed by atoms with van der Waals surface area (Å²) in [5, 5.41) is 3.87. The quantitative estimate of drug-likeness (QED) is 0.388. The van der Waals surface area contributed by atoms with Gasteiger partial charge in [0.25, 0.3) is 0 Å². The first-order valence-corrected chi connectivity index (χ1v) is 7.79. The van der Waals surface area contributed by atoms with Crippen LogP contribution in [0.3, 0.4) is 0 Å². The zero-order valence-electron chi connectivity index (χ0n) is 11.8. The lowest BCUT2D eigenvalue weighted by Gasteiger charge is -2.16. The maximum atomic E-state index is 5.95. The maximum Gasteiger partial charge on any atom is 0.188 e. The van der Waals surface area contributed by atoms with E-state index in [1.807, 2.05) is 6.07 Å². The lowest BCUT2D eigenvalue weighted by atomic mass is 10.1. The predicted molar refractivity (Wildman–Crippen MR) is 84.1 cm³/mol. The summed E-state index contributed by atoms with van der Waals surface area (Å²) < 4.78 is 0. The van der Waals surface area contributed by atoms with Crippen LogP contribution in [0.25, 0.3) is 0 Å². The second kappa shape index (κ2) is 8.10. The van der Waals surface area contributed by atoms with E-state index in [0.717, 1.165) is 12.0 Å². The molecule has 1 heterocycles. The standard InChI is InChI=1S/C15H23ClN4/c16-14-8-7-12(11-19-14)9-10-18-15(17)20-13-5-3-1-2-4-6-13/h7-8,11,13H,1-6,9-10H2,(H3,17,18,20). The van der Waals surface area contributed by atoms with Crippen LogP contribution in [-0.4, -0.2) is 23.5 Å². The van der Waals surface area contributed by atoms with Gasteiger partial charge in [0, 0.05) is 18.8 Å². The molecule has 1 fully saturated rings. The number of hydrogen-bond acceptors (Lipinski definition) is 2. The number of pyridine rings is 1. The maximum absolute atomic E-state index is 5.95. The molecule has 0 spiro atoms. The Morgan fingerprint density at radius 3 is 2.70 bits per heavy atom. The molecule has 3 N–H and O–H groups in total. The average Bonchev–Trinajstić information content (AvgIpc) is 2.70. The number of rotatable bonds is 4. The summed E-state index contributed by atoms with van der Waals surface area (Å²) in [5.74, 6) is 0.568. The fraction of sp³-hybridized carbons (Fsp3) is 0.600. The fourth-order valence-corrected chi connectivity index (χ4v) is 2.65. The third-order valence-corrected chi connectivity index (χ3v) is 3.90. The number of nitrogens with one attached hydrogen (secondary N) is 1. The van der Waals surface area contributed by atoms with Crippen molar-refractivity contribution in [1.82, 2.24) is 10.3 Å². The highest BCUT2D eigenvalue weighted by molar-refractivity contribution is 6.29. The molecule has 0 unspecified atom stereocenters. The first kappa shape index (κ1) is 15.1. The lowest BCUT2D eigenvalue weighted by Crippen LogP contribution is -2.40. The fourth-order valence-electron chi connectivity index (χ4n) is 2.54. The van der Waals surface area contributed by atoms with E-state index in [2.05, 4.69) is 15.3 Å². The molecule has 20 heavy (non-hydrogen) atoms. The van der Waals surface area contributed by atoms with Crippen molar-refractivity contribution in [3.63, 3.8) is 0 Å². The molecule has 0 atom stereocenters. The van der Waals surface area contributed by atoms with Gasteiger partial charge >= 0.3 is 0 Å². The van der Waals surface area contributed by atoms with Crippen molar-refractivity contribution in [2.45, 2.75) is 51.0 Å². The number of halogens is 1. The van der Waals surface area contributed by atoms with Crippen LogP contribution in [-0.2, 0) is 6.42 Å². The molecule has 0 aliphatic heterocycles. The van der Waals surface area contributed by atoms with Crippen LogP contribution < -0.4 is 11.1 Å². The Bertz CT molecular complexity index is 422. The Morgan fingerprint density at radius 1 is 1.30 bits per heavy atom. The van der Waals surface area contributed by atoms with Crippen LogP contribution in [0.2, 0.25) is 5.15 Å². The van der Waals surface area contributed by atoms with Crippen LogP contribution in [0.5, 0.6) is 0 Å². The minimum absolute atomic E-state index is 0.499. The third-order valence-electron chi connectivity index (χ3n) is 3.68. The largest absolute Gasteiger partial charge is 0.370 e. The molecule has 1 aliphatic rings. The van der Waals surface area contributed by atoms with Gasteiger partial charge < -0.3 is 11.1 Å². The molecular weight excluding hydrogens is 272 g/mol. The zero-order chi connectivity index (χ0) is 14.2. The van der Waals surface area contributed by atoms with E-state index in [4.69, 9.17) is 17.3 Å². The minimum Gasteiger partial charge on any atom is -0.370 e. The summed E-state index contributed by atoms with van der Waals surface area (Å²) in [6, 6.07) is 4.27. The summed E-state index contributed by atoms with van der Waals surface area (Å²) in [6.07, 6.45) is 10.3. The molecule has 1 aliphatic carbocycles. The molecule has 1 aromatic heterocycles. The van der Waals surface area contributed by atoms with Gasteiger partial charge in [0.1, 0.15) is 5.15 Å². The van der Waals surface area contributed by atoms with Gasteiger partial charge in [-0.2, -0.15) is 0 Å². The van der Waals surface area contributed by atoms with Crippen molar-refractivity contribution in [3.05, 3.63) is 29.0 Å². The molecule has 0 bridgehead atoms. The highest BCUT2D eigenvalue weighted by Crippen LogP contribution is 2.16. The van der Waals surface area contributed by atoms with E-state index in [-0.39, 0.29) is 0 Å². The van der Waals surface area contributed by atoms with Crippen LogP contribution in [0.1, 0.15) is 44.1 Å². The van der Waals surface area contributed by atoms with Gasteiger partial charge in [-0.1, -0.05) is 43.4 Å². The number of aliphatic imine (C=N–C) groups is 1. The number of nitrogens with two attached hydrogens (primary N) is 1. The second-order valence-corrected chi connectivity index (χ2v) is 5.73. The molecule has 0 amide bonds. The smallest absolute Gasteiger partial charge is 0.188 e. The first-order chi connectivity index (χ1) is 9.74. The summed E-state index contributed by atoms with van der Waals surface area (Å²) >= 11 is 5.75. The summed E-state index contributed by atoms with van der Waals surface area (Å²) in [7, 11) is 0. The van der Waals surface area contributed by atoms with Crippen LogP contribution in [0.15, 0.2) is 23.3 Å². The Morgan fingerprint density at radius 2 is 2.05 bits per heavy atom. The van der Waals surface area contributed by atoms with Gasteiger partial charge in [-0.05, 0) is 30.9 Å². The van der Waals surface area contributed by atoms with Crippen LogP contribution in [0.4, 0.5) is 0 Å². The van der Waals surface area contributed by atoms with Crippen molar-refractivity contribution in [2.24, 2.45) is 10.7 Å². The van der Waals surface area contributed by atoms with Crippen molar-refractivity contribution >= 4 is 17.6 Å². The van der Waals surface area contributed by atoms with Crippen LogP contribution in [0, 0.1) is 0 Å². The monoisotopic (exact) mass is 294 g/mol. The summed E-state index contributed by atoms with van der Waals surface area (Å²) in [5.41, 5.74) is 7.07. The van der Waals surface area contributed by atoms with Gasteiger partial charge in [-0.3, -0.25) is 4.99 Å². The molecule has 4 nitrogen and oxygen atoms in total. The number of hydrogen-bond donors (Lipinski definition) is 2. The normalized spacial score (nSPS) is 17.8. The van der Waals surface area contributed by atoms with E-state index >= 15 is 0 Å². The van der Waals surface area contributed by atoms with E-state index < -0.39 is 0 Å². The Hall–Kier alpha value is -1.29. The van der Waals surface area contributed by atoms with Gasteiger partial charge in [0.2, 0.25) is 0 Å². The van der Waals surface area contributed by atoms with Gasteiger partial charge in [0.15, 0.2) is 5.96 Å². The van der Waals surface area contributed by atoms with Crippen molar-refractivity contribution in [2.75, 3.05) is 6.54 Å². The third kappa shape index (κ3) is 5.37. The molecule has 5 heteroatoms. The molecule has 1 aromatic rings. The lowest BCUT2D eigenvalue weighted by molar-refractivity contribution is 0.530. The minimum atomic E-state index is 0.499. The Labute approximate surface area is 125 Å². The van der Waals surface area contributed by atoms with Crippen molar-refractivity contribution < 1.29 is 0 Å². The number of aromatic nitrogens is 1. The highest BCUT2D eigenvalue weighted by Gasteiger charge is 2.11. The topological polar surface area (TPSA) is 63.3 Å².